The average Bonchev–Trinajstić information content (AvgIpc) is 2.34. The second-order valence-electron chi connectivity index (χ2n) is 3.45. The molecule has 0 radical (unpaired) electrons. The molecule has 0 aliphatic carbocycles. The SMILES string of the molecule is Cc1cnc(Cl)nc1Nc1ccccc1C#N. The Morgan fingerprint density at radius 3 is 2.88 bits per heavy atom. The zero-order valence-electron chi connectivity index (χ0n) is 9.11. The van der Waals surface area contributed by atoms with E-state index >= 15 is 0 Å². The molecule has 0 fully saturated rings. The van der Waals surface area contributed by atoms with Gasteiger partial charge < -0.3 is 5.32 Å². The summed E-state index contributed by atoms with van der Waals surface area (Å²) in [6.45, 7) is 1.87. The largest absolute Gasteiger partial charge is 0.339 e. The van der Waals surface area contributed by atoms with Gasteiger partial charge in [-0.2, -0.15) is 5.26 Å². The highest BCUT2D eigenvalue weighted by Crippen LogP contribution is 2.21. The Morgan fingerprint density at radius 1 is 1.35 bits per heavy atom. The number of hydrogen-bond donors (Lipinski definition) is 1. The molecular formula is C12H9ClN4. The topological polar surface area (TPSA) is 61.6 Å². The van der Waals surface area contributed by atoms with Gasteiger partial charge in [-0.15, -0.1) is 0 Å². The lowest BCUT2D eigenvalue weighted by molar-refractivity contribution is 1.13. The molecule has 1 heterocycles. The highest BCUT2D eigenvalue weighted by atomic mass is 35.5. The standard InChI is InChI=1S/C12H9ClN4/c1-8-7-15-12(13)17-11(8)16-10-5-3-2-4-9(10)6-14/h2-5,7H,1H3,(H,15,16,17). The molecular weight excluding hydrogens is 236 g/mol. The Balaban J connectivity index is 2.38. The summed E-state index contributed by atoms with van der Waals surface area (Å²) < 4.78 is 0. The molecule has 0 aliphatic rings. The van der Waals surface area contributed by atoms with Gasteiger partial charge in [-0.25, -0.2) is 9.97 Å². The van der Waals surface area contributed by atoms with Gasteiger partial charge in [0.15, 0.2) is 0 Å². The van der Waals surface area contributed by atoms with Crippen molar-refractivity contribution in [1.29, 1.82) is 5.26 Å². The minimum Gasteiger partial charge on any atom is -0.339 e. The Kier molecular flexibility index (Phi) is 3.22. The van der Waals surface area contributed by atoms with Gasteiger partial charge in [0, 0.05) is 11.8 Å². The van der Waals surface area contributed by atoms with Crippen molar-refractivity contribution in [2.75, 3.05) is 5.32 Å². The number of rotatable bonds is 2. The lowest BCUT2D eigenvalue weighted by Crippen LogP contribution is -1.99. The number of aryl methyl sites for hydroxylation is 1. The van der Waals surface area contributed by atoms with E-state index in [9.17, 15) is 0 Å². The van der Waals surface area contributed by atoms with E-state index in [2.05, 4.69) is 21.4 Å². The van der Waals surface area contributed by atoms with Gasteiger partial charge in [-0.05, 0) is 30.7 Å². The van der Waals surface area contributed by atoms with Gasteiger partial charge in [0.2, 0.25) is 5.28 Å². The number of anilines is 2. The van der Waals surface area contributed by atoms with E-state index < -0.39 is 0 Å². The number of halogens is 1. The Hall–Kier alpha value is -2.12. The van der Waals surface area contributed by atoms with Crippen molar-refractivity contribution in [2.24, 2.45) is 0 Å². The van der Waals surface area contributed by atoms with Crippen LogP contribution in [0.15, 0.2) is 30.5 Å². The predicted octanol–water partition coefficient (Wildman–Crippen LogP) is 3.05. The molecule has 2 aromatic rings. The maximum atomic E-state index is 8.97. The van der Waals surface area contributed by atoms with Crippen LogP contribution in [0.25, 0.3) is 0 Å². The van der Waals surface area contributed by atoms with Crippen molar-refractivity contribution in [3.8, 4) is 6.07 Å². The smallest absolute Gasteiger partial charge is 0.224 e. The zero-order valence-corrected chi connectivity index (χ0v) is 9.86. The fraction of sp³-hybridized carbons (Fsp3) is 0.0833. The van der Waals surface area contributed by atoms with Crippen LogP contribution < -0.4 is 5.32 Å². The molecule has 84 valence electrons. The zero-order chi connectivity index (χ0) is 12.3. The summed E-state index contributed by atoms with van der Waals surface area (Å²) in [5, 5.41) is 12.2. The molecule has 0 atom stereocenters. The van der Waals surface area contributed by atoms with E-state index in [4.69, 9.17) is 16.9 Å². The molecule has 5 heteroatoms. The molecule has 0 unspecified atom stereocenters. The molecule has 1 aromatic carbocycles. The molecule has 0 saturated heterocycles. The van der Waals surface area contributed by atoms with Crippen LogP contribution in [0.1, 0.15) is 11.1 Å². The number of aromatic nitrogens is 2. The molecule has 0 bridgehead atoms. The normalized spacial score (nSPS) is 9.71. The Bertz CT molecular complexity index is 589. The first-order valence-corrected chi connectivity index (χ1v) is 5.34. The van der Waals surface area contributed by atoms with Crippen LogP contribution in [0.3, 0.4) is 0 Å². The van der Waals surface area contributed by atoms with Crippen LogP contribution in [0.5, 0.6) is 0 Å². The first kappa shape index (κ1) is 11.4. The third kappa shape index (κ3) is 2.52. The summed E-state index contributed by atoms with van der Waals surface area (Å²) >= 11 is 5.73. The fourth-order valence-electron chi connectivity index (χ4n) is 1.36. The number of nitriles is 1. The highest BCUT2D eigenvalue weighted by Gasteiger charge is 2.05. The van der Waals surface area contributed by atoms with Crippen molar-refractivity contribution >= 4 is 23.1 Å². The summed E-state index contributed by atoms with van der Waals surface area (Å²) in [6, 6.07) is 9.32. The van der Waals surface area contributed by atoms with E-state index in [1.165, 1.54) is 0 Å². The van der Waals surface area contributed by atoms with Crippen LogP contribution in [-0.2, 0) is 0 Å². The van der Waals surface area contributed by atoms with Crippen molar-refractivity contribution in [3.05, 3.63) is 46.9 Å². The number of nitrogens with one attached hydrogen (secondary N) is 1. The minimum absolute atomic E-state index is 0.174. The van der Waals surface area contributed by atoms with Crippen molar-refractivity contribution in [2.45, 2.75) is 6.92 Å². The Morgan fingerprint density at radius 2 is 2.12 bits per heavy atom. The number of para-hydroxylation sites is 1. The second kappa shape index (κ2) is 4.81. The number of nitrogens with zero attached hydrogens (tertiary/aromatic N) is 3. The maximum absolute atomic E-state index is 8.97. The molecule has 0 spiro atoms. The number of benzene rings is 1. The van der Waals surface area contributed by atoms with Crippen molar-refractivity contribution in [3.63, 3.8) is 0 Å². The monoisotopic (exact) mass is 244 g/mol. The predicted molar refractivity (Wildman–Crippen MR) is 66.2 cm³/mol. The van der Waals surface area contributed by atoms with Gasteiger partial charge in [-0.3, -0.25) is 0 Å². The van der Waals surface area contributed by atoms with E-state index in [0.717, 1.165) is 5.56 Å². The third-order valence-corrected chi connectivity index (χ3v) is 2.43. The minimum atomic E-state index is 0.174. The van der Waals surface area contributed by atoms with Gasteiger partial charge in [0.25, 0.3) is 0 Å². The first-order chi connectivity index (χ1) is 8.20. The van der Waals surface area contributed by atoms with E-state index in [1.807, 2.05) is 25.1 Å². The second-order valence-corrected chi connectivity index (χ2v) is 3.79. The van der Waals surface area contributed by atoms with Crippen LogP contribution in [0, 0.1) is 18.3 Å². The van der Waals surface area contributed by atoms with E-state index in [-0.39, 0.29) is 5.28 Å². The molecule has 4 nitrogen and oxygen atoms in total. The van der Waals surface area contributed by atoms with Gasteiger partial charge in [-0.1, -0.05) is 12.1 Å². The van der Waals surface area contributed by atoms with E-state index in [0.29, 0.717) is 17.1 Å². The van der Waals surface area contributed by atoms with Crippen molar-refractivity contribution in [1.82, 2.24) is 9.97 Å². The van der Waals surface area contributed by atoms with Crippen LogP contribution in [-0.4, -0.2) is 9.97 Å². The van der Waals surface area contributed by atoms with Crippen LogP contribution in [0.4, 0.5) is 11.5 Å². The summed E-state index contributed by atoms with van der Waals surface area (Å²) in [4.78, 5) is 7.95. The molecule has 2 rings (SSSR count). The van der Waals surface area contributed by atoms with Gasteiger partial charge >= 0.3 is 0 Å². The molecule has 1 N–H and O–H groups in total. The molecule has 0 saturated carbocycles. The summed E-state index contributed by atoms with van der Waals surface area (Å²) in [6.07, 6.45) is 1.63. The van der Waals surface area contributed by atoms with Gasteiger partial charge in [0.1, 0.15) is 11.9 Å². The maximum Gasteiger partial charge on any atom is 0.224 e. The Labute approximate surface area is 104 Å². The molecule has 17 heavy (non-hydrogen) atoms. The summed E-state index contributed by atoms with van der Waals surface area (Å²) in [5.74, 6) is 0.604. The van der Waals surface area contributed by atoms with Gasteiger partial charge in [0.05, 0.1) is 11.3 Å². The highest BCUT2D eigenvalue weighted by molar-refractivity contribution is 6.28. The third-order valence-electron chi connectivity index (χ3n) is 2.24. The first-order valence-electron chi connectivity index (χ1n) is 4.96. The van der Waals surface area contributed by atoms with Crippen LogP contribution in [0.2, 0.25) is 5.28 Å². The van der Waals surface area contributed by atoms with E-state index in [1.54, 1.807) is 12.3 Å². The van der Waals surface area contributed by atoms with Crippen LogP contribution >= 0.6 is 11.6 Å². The molecule has 1 aromatic heterocycles. The molecule has 0 amide bonds. The van der Waals surface area contributed by atoms with Crippen molar-refractivity contribution < 1.29 is 0 Å². The summed E-state index contributed by atoms with van der Waals surface area (Å²) in [5.41, 5.74) is 2.12. The quantitative estimate of drug-likeness (QED) is 0.825. The molecule has 0 aliphatic heterocycles. The summed E-state index contributed by atoms with van der Waals surface area (Å²) in [7, 11) is 0. The average molecular weight is 245 g/mol. The number of hydrogen-bond acceptors (Lipinski definition) is 4. The lowest BCUT2D eigenvalue weighted by atomic mass is 10.2. The lowest BCUT2D eigenvalue weighted by Gasteiger charge is -2.09. The fourth-order valence-corrected chi connectivity index (χ4v) is 1.50.